The van der Waals surface area contributed by atoms with Crippen molar-refractivity contribution in [2.24, 2.45) is 0 Å². The molecule has 11 heteroatoms. The first-order valence-corrected chi connectivity index (χ1v) is 33.0. The highest BCUT2D eigenvalue weighted by atomic mass is 32.2. The van der Waals surface area contributed by atoms with Crippen LogP contribution in [-0.2, 0) is 62.7 Å². The zero-order valence-electron chi connectivity index (χ0n) is 52.3. The SMILES string of the molecule is O=S(=O)(C=C(c1ccccc1)c1ccc(OCc2cc(OCc3ccccc3)ccc2OCc2ccccc2)c(OCc2ccccc2)c1)C=C(c1ccccc1)c1ccc(OCc2cc(OCc3ccccc3)ccc2OCc2ccccc2)c(OCc2ccccc2)c1. The molecule has 0 bridgehead atoms. The average molecular weight is 1270 g/mol. The summed E-state index contributed by atoms with van der Waals surface area (Å²) in [6.45, 7) is 2.06. The van der Waals surface area contributed by atoms with Crippen molar-refractivity contribution in [2.75, 3.05) is 0 Å². The van der Waals surface area contributed by atoms with Gasteiger partial charge in [0.05, 0.1) is 0 Å². The highest BCUT2D eigenvalue weighted by molar-refractivity contribution is 7.97. The molecule has 0 saturated carbocycles. The van der Waals surface area contributed by atoms with Crippen LogP contribution in [0.4, 0.5) is 0 Å². The summed E-state index contributed by atoms with van der Waals surface area (Å²) < 4.78 is 83.0. The van der Waals surface area contributed by atoms with Crippen molar-refractivity contribution in [1.29, 1.82) is 0 Å². The van der Waals surface area contributed by atoms with Crippen molar-refractivity contribution in [3.8, 4) is 46.0 Å². The highest BCUT2D eigenvalue weighted by Crippen LogP contribution is 2.39. The van der Waals surface area contributed by atoms with Crippen molar-refractivity contribution in [1.82, 2.24) is 0 Å². The molecule has 0 aliphatic heterocycles. The molecule has 472 valence electrons. The standard InChI is InChI=1S/C84H70O10S/c85-95(86,61-77(69-37-21-7-22-38-69)71-41-45-81(83(51-71)91-57-67-33-17-5-18-34-67)93-59-73-49-75(87-53-63-25-9-1-10-26-63)43-47-79(73)89-55-65-29-13-3-14-30-65)62-78(70-39-23-8-24-40-70)72-42-46-82(84(52-72)92-58-68-35-19-6-20-36-68)94-60-74-50-76(88-54-64-27-11-2-12-28-64)44-48-80(74)90-56-66-31-15-4-16-32-66/h1-52,61-62H,53-60H2. The smallest absolute Gasteiger partial charge is 0.194 e. The molecule has 0 N–H and O–H groups in total. The Morgan fingerprint density at radius 1 is 0.232 bits per heavy atom. The van der Waals surface area contributed by atoms with Crippen LogP contribution in [0.25, 0.3) is 11.1 Å². The third kappa shape index (κ3) is 18.4. The molecule has 0 heterocycles. The minimum atomic E-state index is -4.26. The van der Waals surface area contributed by atoms with Gasteiger partial charge in [-0.25, -0.2) is 8.42 Å². The van der Waals surface area contributed by atoms with E-state index in [9.17, 15) is 0 Å². The molecule has 12 aromatic rings. The molecule has 0 amide bonds. The Kier molecular flexibility index (Phi) is 21.5. The molecule has 95 heavy (non-hydrogen) atoms. The van der Waals surface area contributed by atoms with Gasteiger partial charge in [0.25, 0.3) is 0 Å². The fourth-order valence-electron chi connectivity index (χ4n) is 10.6. The van der Waals surface area contributed by atoms with Crippen molar-refractivity contribution < 1.29 is 46.3 Å². The van der Waals surface area contributed by atoms with Gasteiger partial charge in [-0.05, 0) is 116 Å². The van der Waals surface area contributed by atoms with E-state index in [1.165, 1.54) is 10.8 Å². The second-order valence-electron chi connectivity index (χ2n) is 22.5. The molecular formula is C84H70O10S. The largest absolute Gasteiger partial charge is 0.489 e. The minimum Gasteiger partial charge on any atom is -0.489 e. The van der Waals surface area contributed by atoms with Crippen LogP contribution in [0.15, 0.2) is 326 Å². The second-order valence-corrected chi connectivity index (χ2v) is 24.1. The first-order valence-electron chi connectivity index (χ1n) is 31.4. The molecule has 0 atom stereocenters. The summed E-state index contributed by atoms with van der Waals surface area (Å²) in [5.41, 5.74) is 10.8. The predicted molar refractivity (Wildman–Crippen MR) is 375 cm³/mol. The van der Waals surface area contributed by atoms with Crippen LogP contribution >= 0.6 is 0 Å². The van der Waals surface area contributed by atoms with Crippen LogP contribution in [-0.4, -0.2) is 8.42 Å². The Labute approximate surface area is 556 Å². The molecule has 0 aliphatic rings. The normalized spacial score (nSPS) is 11.5. The number of sulfone groups is 1. The van der Waals surface area contributed by atoms with Crippen molar-refractivity contribution >= 4 is 21.0 Å². The third-order valence-corrected chi connectivity index (χ3v) is 16.6. The Balaban J connectivity index is 0.879. The molecule has 0 aliphatic carbocycles. The van der Waals surface area contributed by atoms with Crippen LogP contribution < -0.4 is 37.9 Å². The summed E-state index contributed by atoms with van der Waals surface area (Å²) in [6.07, 6.45) is 0. The highest BCUT2D eigenvalue weighted by Gasteiger charge is 2.21. The maximum absolute atomic E-state index is 15.3. The monoisotopic (exact) mass is 1270 g/mol. The molecule has 0 unspecified atom stereocenters. The van der Waals surface area contributed by atoms with Crippen molar-refractivity contribution in [3.05, 3.63) is 393 Å². The Hall–Kier alpha value is -11.5. The van der Waals surface area contributed by atoms with E-state index in [1.54, 1.807) is 0 Å². The van der Waals surface area contributed by atoms with Crippen molar-refractivity contribution in [3.63, 3.8) is 0 Å². The van der Waals surface area contributed by atoms with Gasteiger partial charge in [0.1, 0.15) is 75.9 Å². The van der Waals surface area contributed by atoms with Gasteiger partial charge in [0, 0.05) is 33.1 Å². The molecule has 12 aromatic carbocycles. The maximum atomic E-state index is 15.3. The van der Waals surface area contributed by atoms with Crippen molar-refractivity contribution in [2.45, 2.75) is 52.9 Å². The van der Waals surface area contributed by atoms with Gasteiger partial charge in [-0.15, -0.1) is 0 Å². The lowest BCUT2D eigenvalue weighted by atomic mass is 9.99. The number of rotatable bonds is 30. The molecule has 0 radical (unpaired) electrons. The lowest BCUT2D eigenvalue weighted by Gasteiger charge is -2.18. The van der Waals surface area contributed by atoms with Gasteiger partial charge < -0.3 is 37.9 Å². The molecule has 0 aromatic heterocycles. The minimum absolute atomic E-state index is 0.0899. The molecule has 0 fully saturated rings. The van der Waals surface area contributed by atoms with E-state index in [0.717, 1.165) is 44.5 Å². The number of benzene rings is 12. The number of ether oxygens (including phenoxy) is 8. The number of hydrogen-bond donors (Lipinski definition) is 0. The second kappa shape index (κ2) is 32.2. The van der Waals surface area contributed by atoms with Gasteiger partial charge in [-0.1, -0.05) is 255 Å². The summed E-state index contributed by atoms with van der Waals surface area (Å²) in [4.78, 5) is 0. The van der Waals surface area contributed by atoms with Gasteiger partial charge in [-0.2, -0.15) is 0 Å². The van der Waals surface area contributed by atoms with E-state index in [1.807, 2.05) is 315 Å². The summed E-state index contributed by atoms with van der Waals surface area (Å²) in [5, 5.41) is 2.64. The van der Waals surface area contributed by atoms with Gasteiger partial charge in [-0.3, -0.25) is 0 Å². The van der Waals surface area contributed by atoms with E-state index >= 15 is 8.42 Å². The van der Waals surface area contributed by atoms with E-state index in [0.29, 0.717) is 106 Å². The Bertz CT molecular complexity index is 4290. The lowest BCUT2D eigenvalue weighted by Crippen LogP contribution is -2.05. The predicted octanol–water partition coefficient (Wildman–Crippen LogP) is 19.2. The molecule has 10 nitrogen and oxygen atoms in total. The van der Waals surface area contributed by atoms with E-state index in [-0.39, 0.29) is 26.4 Å². The summed E-state index contributed by atoms with van der Waals surface area (Å²) in [7, 11) is -4.26. The van der Waals surface area contributed by atoms with Gasteiger partial charge in [0.15, 0.2) is 32.8 Å². The quantitative estimate of drug-likeness (QED) is 0.0432. The van der Waals surface area contributed by atoms with E-state index < -0.39 is 9.84 Å². The van der Waals surface area contributed by atoms with E-state index in [4.69, 9.17) is 37.9 Å². The van der Waals surface area contributed by atoms with Crippen LogP contribution in [0.5, 0.6) is 46.0 Å². The number of hydrogen-bond acceptors (Lipinski definition) is 10. The zero-order chi connectivity index (χ0) is 64.7. The first-order chi connectivity index (χ1) is 46.8. The topological polar surface area (TPSA) is 108 Å². The molecule has 12 rings (SSSR count). The van der Waals surface area contributed by atoms with Gasteiger partial charge in [0.2, 0.25) is 0 Å². The summed E-state index contributed by atoms with van der Waals surface area (Å²) in [5.74, 6) is 4.25. The zero-order valence-corrected chi connectivity index (χ0v) is 53.1. The van der Waals surface area contributed by atoms with Crippen LogP contribution in [0.3, 0.4) is 0 Å². The van der Waals surface area contributed by atoms with Crippen LogP contribution in [0.1, 0.15) is 66.8 Å². The molecule has 0 saturated heterocycles. The molecular weight excluding hydrogens is 1200 g/mol. The molecule has 0 spiro atoms. The van der Waals surface area contributed by atoms with Crippen LogP contribution in [0, 0.1) is 0 Å². The summed E-state index contributed by atoms with van der Waals surface area (Å²) >= 11 is 0. The first kappa shape index (κ1) is 63.6. The van der Waals surface area contributed by atoms with E-state index in [2.05, 4.69) is 0 Å². The fraction of sp³-hybridized carbons (Fsp3) is 0.0952. The lowest BCUT2D eigenvalue weighted by molar-refractivity contribution is 0.246. The Morgan fingerprint density at radius 3 is 0.789 bits per heavy atom. The summed E-state index contributed by atoms with van der Waals surface area (Å²) in [6, 6.07) is 101. The average Bonchev–Trinajstić information content (AvgIpc) is 0.918. The third-order valence-electron chi connectivity index (χ3n) is 15.5. The van der Waals surface area contributed by atoms with Gasteiger partial charge >= 0.3 is 0 Å². The van der Waals surface area contributed by atoms with Crippen LogP contribution in [0.2, 0.25) is 0 Å². The fourth-order valence-corrected chi connectivity index (χ4v) is 11.8. The Morgan fingerprint density at radius 2 is 0.484 bits per heavy atom. The maximum Gasteiger partial charge on any atom is 0.194 e.